The number of carbonyl (C=O) groups excluding carboxylic acids is 1. The summed E-state index contributed by atoms with van der Waals surface area (Å²) in [6.07, 6.45) is 4.08. The number of thiazole rings is 1. The first kappa shape index (κ1) is 28.6. The Balaban J connectivity index is 1.54. The van der Waals surface area contributed by atoms with Gasteiger partial charge in [0.1, 0.15) is 5.01 Å². The van der Waals surface area contributed by atoms with Crippen molar-refractivity contribution in [2.45, 2.75) is 25.1 Å². The van der Waals surface area contributed by atoms with Crippen molar-refractivity contribution in [2.24, 2.45) is 5.14 Å². The number of sulfonamides is 1. The summed E-state index contributed by atoms with van der Waals surface area (Å²) in [6, 6.07) is 5.58. The van der Waals surface area contributed by atoms with Gasteiger partial charge in [-0.3, -0.25) is 14.4 Å². The van der Waals surface area contributed by atoms with E-state index in [1.807, 2.05) is 23.0 Å². The molecule has 2 aromatic heterocycles. The number of nitrogens with zero attached hydrogens (tertiary/aromatic N) is 4. The average molecular weight is 585 g/mol. The summed E-state index contributed by atoms with van der Waals surface area (Å²) >= 11 is 1.13. The van der Waals surface area contributed by atoms with E-state index in [0.717, 1.165) is 66.6 Å². The molecule has 12 nitrogen and oxygen atoms in total. The fourth-order valence-electron chi connectivity index (χ4n) is 4.18. The van der Waals surface area contributed by atoms with Crippen molar-refractivity contribution in [3.8, 4) is 11.1 Å². The van der Waals surface area contributed by atoms with E-state index in [4.69, 9.17) is 9.88 Å². The van der Waals surface area contributed by atoms with E-state index in [9.17, 15) is 21.6 Å². The molecule has 0 aliphatic carbocycles. The number of carbonyl (C=O) groups is 1. The maximum Gasteiger partial charge on any atom is 0.245 e. The van der Waals surface area contributed by atoms with Gasteiger partial charge in [0.2, 0.25) is 15.9 Å². The van der Waals surface area contributed by atoms with Crippen molar-refractivity contribution in [3.63, 3.8) is 0 Å². The molecule has 1 aromatic carbocycles. The Hall–Kier alpha value is -2.43. The number of primary sulfonamides is 1. The van der Waals surface area contributed by atoms with E-state index >= 15 is 0 Å². The molecule has 1 unspecified atom stereocenters. The smallest absolute Gasteiger partial charge is 0.245 e. The summed E-state index contributed by atoms with van der Waals surface area (Å²) in [5.41, 5.74) is 2.39. The molecule has 15 heteroatoms. The Morgan fingerprint density at radius 2 is 1.92 bits per heavy atom. The lowest BCUT2D eigenvalue weighted by atomic mass is 10.1. The highest BCUT2D eigenvalue weighted by atomic mass is 32.2. The second-order valence-electron chi connectivity index (χ2n) is 9.09. The molecule has 1 saturated heterocycles. The Labute approximate surface area is 226 Å². The highest BCUT2D eigenvalue weighted by Gasteiger charge is 2.36. The third-order valence-electron chi connectivity index (χ3n) is 6.12. The molecule has 0 bridgehead atoms. The highest BCUT2D eigenvalue weighted by Crippen LogP contribution is 2.34. The van der Waals surface area contributed by atoms with Crippen LogP contribution in [0.25, 0.3) is 21.3 Å². The van der Waals surface area contributed by atoms with Crippen molar-refractivity contribution in [2.75, 3.05) is 50.9 Å². The Bertz CT molecular complexity index is 1480. The Morgan fingerprint density at radius 3 is 2.63 bits per heavy atom. The monoisotopic (exact) mass is 584 g/mol. The number of hydrogen-bond donors (Lipinski definition) is 2. The summed E-state index contributed by atoms with van der Waals surface area (Å²) in [5, 5.41) is 10.5. The van der Waals surface area contributed by atoms with Gasteiger partial charge in [-0.15, -0.1) is 11.3 Å². The number of ether oxygens (including phenoxy) is 1. The van der Waals surface area contributed by atoms with Crippen LogP contribution in [0.3, 0.4) is 0 Å². The maximum absolute atomic E-state index is 13.0. The first-order valence-electron chi connectivity index (χ1n) is 12.3. The second-order valence-corrected chi connectivity index (χ2v) is 14.1. The van der Waals surface area contributed by atoms with Gasteiger partial charge in [0, 0.05) is 37.9 Å². The molecule has 3 aromatic rings. The number of morpholine rings is 1. The minimum absolute atomic E-state index is 0.139. The largest absolute Gasteiger partial charge is 0.379 e. The zero-order valence-corrected chi connectivity index (χ0v) is 23.5. The van der Waals surface area contributed by atoms with E-state index in [0.29, 0.717) is 11.9 Å². The molecule has 1 atom stereocenters. The molecular formula is C23H32N6O6S3. The third kappa shape index (κ3) is 7.36. The number of amides is 1. The van der Waals surface area contributed by atoms with Gasteiger partial charge in [-0.2, -0.15) is 5.10 Å². The SMILES string of the molecule is CCCS(=O)(=O)C(C(=O)NCCS(N)(=O)=O)c1nc2ccc(-c3cnn(CCN4CCOCC4)c3)cc2s1. The lowest BCUT2D eigenvalue weighted by Crippen LogP contribution is -2.38. The fourth-order valence-corrected chi connectivity index (χ4v) is 7.71. The fraction of sp³-hybridized carbons (Fsp3) is 0.522. The number of nitrogens with two attached hydrogens (primary N) is 1. The number of nitrogens with one attached hydrogen (secondary N) is 1. The number of sulfone groups is 1. The van der Waals surface area contributed by atoms with Crippen molar-refractivity contribution in [3.05, 3.63) is 35.6 Å². The van der Waals surface area contributed by atoms with E-state index in [-0.39, 0.29) is 17.3 Å². The summed E-state index contributed by atoms with van der Waals surface area (Å²) in [6.45, 7) is 6.38. The van der Waals surface area contributed by atoms with Crippen LogP contribution in [0.15, 0.2) is 30.6 Å². The number of benzene rings is 1. The maximum atomic E-state index is 13.0. The van der Waals surface area contributed by atoms with Crippen LogP contribution in [0.4, 0.5) is 0 Å². The van der Waals surface area contributed by atoms with Crippen LogP contribution in [0.1, 0.15) is 23.6 Å². The standard InChI is InChI=1S/C23H32N6O6S3/c1-2-12-37(31,32)21(22(30)25-5-13-38(24,33)34)23-27-19-4-3-17(14-20(19)36-23)18-15-26-29(16-18)7-6-28-8-10-35-11-9-28/h3-4,14-16,21H,2,5-13H2,1H3,(H,25,30)(H2,24,33,34). The molecular weight excluding hydrogens is 552 g/mol. The van der Waals surface area contributed by atoms with Gasteiger partial charge < -0.3 is 10.1 Å². The molecule has 1 amide bonds. The molecule has 1 aliphatic heterocycles. The van der Waals surface area contributed by atoms with Crippen LogP contribution in [0.2, 0.25) is 0 Å². The molecule has 1 aliphatic rings. The van der Waals surface area contributed by atoms with E-state index in [1.165, 1.54) is 0 Å². The molecule has 1 fully saturated rings. The number of hydrogen-bond acceptors (Lipinski definition) is 10. The summed E-state index contributed by atoms with van der Waals surface area (Å²) in [4.78, 5) is 19.7. The van der Waals surface area contributed by atoms with Gasteiger partial charge in [-0.1, -0.05) is 13.0 Å². The third-order valence-corrected chi connectivity index (χ3v) is 10.3. The summed E-state index contributed by atoms with van der Waals surface area (Å²) in [5.74, 6) is -1.52. The zero-order valence-electron chi connectivity index (χ0n) is 21.1. The van der Waals surface area contributed by atoms with Crippen LogP contribution < -0.4 is 10.5 Å². The first-order chi connectivity index (χ1) is 18.1. The predicted octanol–water partition coefficient (Wildman–Crippen LogP) is 0.763. The van der Waals surface area contributed by atoms with Gasteiger partial charge in [0.25, 0.3) is 0 Å². The second kappa shape index (κ2) is 12.2. The van der Waals surface area contributed by atoms with Gasteiger partial charge in [-0.05, 0) is 24.1 Å². The average Bonchev–Trinajstić information content (AvgIpc) is 3.49. The summed E-state index contributed by atoms with van der Waals surface area (Å²) < 4.78 is 56.5. The number of aromatic nitrogens is 3. The molecule has 3 heterocycles. The quantitative estimate of drug-likeness (QED) is 0.312. The van der Waals surface area contributed by atoms with Crippen molar-refractivity contribution in [1.29, 1.82) is 0 Å². The van der Waals surface area contributed by atoms with Crippen LogP contribution >= 0.6 is 11.3 Å². The Morgan fingerprint density at radius 1 is 1.16 bits per heavy atom. The van der Waals surface area contributed by atoms with Gasteiger partial charge in [0.05, 0.1) is 47.7 Å². The lowest BCUT2D eigenvalue weighted by molar-refractivity contribution is -0.120. The Kier molecular flexibility index (Phi) is 9.15. The van der Waals surface area contributed by atoms with Crippen LogP contribution in [0.5, 0.6) is 0 Å². The summed E-state index contributed by atoms with van der Waals surface area (Å²) in [7, 11) is -7.69. The van der Waals surface area contributed by atoms with Gasteiger partial charge in [-0.25, -0.2) is 27.0 Å². The van der Waals surface area contributed by atoms with Gasteiger partial charge in [0.15, 0.2) is 15.1 Å². The van der Waals surface area contributed by atoms with E-state index < -0.39 is 36.8 Å². The van der Waals surface area contributed by atoms with Crippen LogP contribution in [-0.2, 0) is 35.9 Å². The number of fused-ring (bicyclic) bond motifs is 1. The van der Waals surface area contributed by atoms with E-state index in [1.54, 1.807) is 19.2 Å². The minimum Gasteiger partial charge on any atom is -0.379 e. The zero-order chi connectivity index (χ0) is 27.3. The van der Waals surface area contributed by atoms with Crippen LogP contribution in [0, 0.1) is 0 Å². The number of rotatable bonds is 12. The molecule has 0 spiro atoms. The van der Waals surface area contributed by atoms with Crippen molar-refractivity contribution < 1.29 is 26.4 Å². The molecule has 3 N–H and O–H groups in total. The normalized spacial score (nSPS) is 16.1. The van der Waals surface area contributed by atoms with E-state index in [2.05, 4.69) is 20.3 Å². The lowest BCUT2D eigenvalue weighted by Gasteiger charge is -2.26. The topological polar surface area (TPSA) is 167 Å². The van der Waals surface area contributed by atoms with Gasteiger partial charge >= 0.3 is 0 Å². The molecule has 38 heavy (non-hydrogen) atoms. The molecule has 208 valence electrons. The van der Waals surface area contributed by atoms with Crippen LogP contribution in [-0.4, -0.2) is 93.3 Å². The molecule has 4 rings (SSSR count). The van der Waals surface area contributed by atoms with Crippen molar-refractivity contribution >= 4 is 47.3 Å². The first-order valence-corrected chi connectivity index (χ1v) is 16.5. The predicted molar refractivity (Wildman–Crippen MR) is 146 cm³/mol. The molecule has 0 radical (unpaired) electrons. The van der Waals surface area contributed by atoms with Crippen molar-refractivity contribution in [1.82, 2.24) is 25.0 Å². The molecule has 0 saturated carbocycles. The highest BCUT2D eigenvalue weighted by molar-refractivity contribution is 7.92. The minimum atomic E-state index is -3.88.